The van der Waals surface area contributed by atoms with Gasteiger partial charge in [-0.3, -0.25) is 0 Å². The summed E-state index contributed by atoms with van der Waals surface area (Å²) in [4.78, 5) is 8.72. The monoisotopic (exact) mass is 364 g/mol. The van der Waals surface area contributed by atoms with Gasteiger partial charge in [-0.05, 0) is 35.5 Å². The second kappa shape index (κ2) is 7.50. The Labute approximate surface area is 155 Å². The smallest absolute Gasteiger partial charge is 0.174 e. The van der Waals surface area contributed by atoms with Crippen molar-refractivity contribution in [2.24, 2.45) is 7.05 Å². The van der Waals surface area contributed by atoms with E-state index in [1.165, 1.54) is 0 Å². The molecule has 0 spiro atoms. The zero-order valence-corrected chi connectivity index (χ0v) is 14.9. The lowest BCUT2D eigenvalue weighted by Gasteiger charge is -2.17. The largest absolute Gasteiger partial charge is 0.506 e. The molecule has 0 fully saturated rings. The van der Waals surface area contributed by atoms with E-state index in [1.54, 1.807) is 36.4 Å². The summed E-state index contributed by atoms with van der Waals surface area (Å²) in [5.41, 5.74) is 1.32. The van der Waals surface area contributed by atoms with Crippen molar-refractivity contribution in [3.63, 3.8) is 0 Å². The number of rotatable bonds is 7. The van der Waals surface area contributed by atoms with Gasteiger partial charge in [0.1, 0.15) is 17.3 Å². The summed E-state index contributed by atoms with van der Waals surface area (Å²) >= 11 is 0. The van der Waals surface area contributed by atoms with Crippen molar-refractivity contribution in [1.29, 1.82) is 0 Å². The third kappa shape index (κ3) is 3.63. The van der Waals surface area contributed by atoms with Gasteiger partial charge in [0.15, 0.2) is 5.82 Å². The SMILES string of the molecule is Cn1nnnc1C(NCCCn1ccnc1)c1ccc2cccc(O)c2n1. The molecule has 138 valence electrons. The molecule has 1 atom stereocenters. The van der Waals surface area contributed by atoms with Crippen molar-refractivity contribution in [2.45, 2.75) is 19.0 Å². The van der Waals surface area contributed by atoms with E-state index in [9.17, 15) is 5.11 Å². The van der Waals surface area contributed by atoms with Crippen molar-refractivity contribution in [1.82, 2.24) is 40.1 Å². The molecule has 0 aliphatic heterocycles. The minimum atomic E-state index is -0.281. The van der Waals surface area contributed by atoms with Gasteiger partial charge in [-0.25, -0.2) is 14.6 Å². The quantitative estimate of drug-likeness (QED) is 0.478. The molecule has 0 aliphatic carbocycles. The summed E-state index contributed by atoms with van der Waals surface area (Å²) in [7, 11) is 1.80. The number of fused-ring (bicyclic) bond motifs is 1. The number of phenolic OH excluding ortho intramolecular Hbond substituents is 1. The van der Waals surface area contributed by atoms with E-state index < -0.39 is 0 Å². The molecule has 3 aromatic heterocycles. The molecule has 1 aromatic carbocycles. The van der Waals surface area contributed by atoms with Crippen LogP contribution in [0.3, 0.4) is 0 Å². The molecular weight excluding hydrogens is 344 g/mol. The van der Waals surface area contributed by atoms with E-state index in [1.807, 2.05) is 29.0 Å². The van der Waals surface area contributed by atoms with Crippen LogP contribution in [-0.2, 0) is 13.6 Å². The third-order valence-electron chi connectivity index (χ3n) is 4.43. The van der Waals surface area contributed by atoms with E-state index in [0.717, 1.165) is 30.6 Å². The highest BCUT2D eigenvalue weighted by molar-refractivity contribution is 5.84. The van der Waals surface area contributed by atoms with Crippen LogP contribution in [0.15, 0.2) is 49.1 Å². The number of aromatic hydroxyl groups is 1. The number of para-hydroxylation sites is 1. The number of nitrogens with one attached hydrogen (secondary N) is 1. The van der Waals surface area contributed by atoms with Gasteiger partial charge in [0.25, 0.3) is 0 Å². The number of phenols is 1. The summed E-state index contributed by atoms with van der Waals surface area (Å²) in [5.74, 6) is 0.823. The maximum atomic E-state index is 10.1. The van der Waals surface area contributed by atoms with Gasteiger partial charge < -0.3 is 15.0 Å². The summed E-state index contributed by atoms with van der Waals surface area (Å²) < 4.78 is 3.66. The Morgan fingerprint density at radius 1 is 1.22 bits per heavy atom. The number of hydrogen-bond donors (Lipinski definition) is 2. The van der Waals surface area contributed by atoms with Crippen molar-refractivity contribution in [3.8, 4) is 5.75 Å². The maximum Gasteiger partial charge on any atom is 0.174 e. The first kappa shape index (κ1) is 17.1. The van der Waals surface area contributed by atoms with Gasteiger partial charge in [0.05, 0.1) is 12.0 Å². The molecule has 9 nitrogen and oxygen atoms in total. The first-order valence-corrected chi connectivity index (χ1v) is 8.72. The summed E-state index contributed by atoms with van der Waals surface area (Å²) in [5, 5.41) is 26.3. The molecule has 0 saturated carbocycles. The highest BCUT2D eigenvalue weighted by atomic mass is 16.3. The molecule has 0 saturated heterocycles. The minimum absolute atomic E-state index is 0.157. The van der Waals surface area contributed by atoms with Crippen LogP contribution < -0.4 is 5.32 Å². The molecule has 0 aliphatic rings. The van der Waals surface area contributed by atoms with E-state index in [2.05, 4.69) is 30.8 Å². The lowest BCUT2D eigenvalue weighted by Crippen LogP contribution is -2.27. The summed E-state index contributed by atoms with van der Waals surface area (Å²) in [6.45, 7) is 1.61. The Hall–Kier alpha value is -3.33. The fourth-order valence-electron chi connectivity index (χ4n) is 3.04. The molecule has 3 heterocycles. The Bertz CT molecular complexity index is 1030. The second-order valence-corrected chi connectivity index (χ2v) is 6.29. The van der Waals surface area contributed by atoms with Crippen LogP contribution in [0.2, 0.25) is 0 Å². The minimum Gasteiger partial charge on any atom is -0.506 e. The van der Waals surface area contributed by atoms with Crippen molar-refractivity contribution in [2.75, 3.05) is 6.54 Å². The van der Waals surface area contributed by atoms with Gasteiger partial charge in [0.2, 0.25) is 0 Å². The van der Waals surface area contributed by atoms with Crippen LogP contribution in [0, 0.1) is 0 Å². The number of aryl methyl sites for hydroxylation is 2. The number of hydrogen-bond acceptors (Lipinski definition) is 7. The average molecular weight is 364 g/mol. The van der Waals surface area contributed by atoms with Crippen molar-refractivity contribution in [3.05, 3.63) is 60.6 Å². The molecule has 0 radical (unpaired) electrons. The number of aromatic nitrogens is 7. The highest BCUT2D eigenvalue weighted by Gasteiger charge is 2.21. The Morgan fingerprint density at radius 2 is 2.15 bits per heavy atom. The van der Waals surface area contributed by atoms with Gasteiger partial charge in [0, 0.05) is 31.4 Å². The molecule has 1 unspecified atom stereocenters. The molecule has 27 heavy (non-hydrogen) atoms. The molecule has 4 aromatic rings. The standard InChI is InChI=1S/C18H20N8O/c1-25-18(22-23-24-25)17(20-8-3-10-26-11-9-19-12-26)14-7-6-13-4-2-5-15(27)16(13)21-14/h2,4-7,9,11-12,17,20,27H,3,8,10H2,1H3. The predicted octanol–water partition coefficient (Wildman–Crippen LogP) is 1.43. The highest BCUT2D eigenvalue weighted by Crippen LogP contribution is 2.26. The number of tetrazole rings is 1. The van der Waals surface area contributed by atoms with E-state index in [0.29, 0.717) is 11.3 Å². The summed E-state index contributed by atoms with van der Waals surface area (Å²) in [6, 6.07) is 8.96. The number of nitrogens with zero attached hydrogens (tertiary/aromatic N) is 7. The average Bonchev–Trinajstić information content (AvgIpc) is 3.34. The van der Waals surface area contributed by atoms with E-state index >= 15 is 0 Å². The van der Waals surface area contributed by atoms with Gasteiger partial charge in [-0.15, -0.1) is 5.10 Å². The van der Waals surface area contributed by atoms with Crippen LogP contribution >= 0.6 is 0 Å². The number of pyridine rings is 1. The van der Waals surface area contributed by atoms with Gasteiger partial charge >= 0.3 is 0 Å². The van der Waals surface area contributed by atoms with Crippen molar-refractivity contribution >= 4 is 10.9 Å². The van der Waals surface area contributed by atoms with Crippen LogP contribution in [-0.4, -0.2) is 46.4 Å². The van der Waals surface area contributed by atoms with Gasteiger partial charge in [-0.2, -0.15) is 0 Å². The third-order valence-corrected chi connectivity index (χ3v) is 4.43. The predicted molar refractivity (Wildman–Crippen MR) is 98.9 cm³/mol. The fourth-order valence-corrected chi connectivity index (χ4v) is 3.04. The van der Waals surface area contributed by atoms with Crippen LogP contribution in [0.4, 0.5) is 0 Å². The number of imidazole rings is 1. The van der Waals surface area contributed by atoms with Crippen LogP contribution in [0.5, 0.6) is 5.75 Å². The Kier molecular flexibility index (Phi) is 4.75. The molecule has 0 bridgehead atoms. The zero-order chi connectivity index (χ0) is 18.6. The molecule has 2 N–H and O–H groups in total. The van der Waals surface area contributed by atoms with Crippen molar-refractivity contribution < 1.29 is 5.11 Å². The van der Waals surface area contributed by atoms with Crippen LogP contribution in [0.1, 0.15) is 24.0 Å². The molecular formula is C18H20N8O. The van der Waals surface area contributed by atoms with E-state index in [4.69, 9.17) is 0 Å². The lowest BCUT2D eigenvalue weighted by molar-refractivity contribution is 0.479. The second-order valence-electron chi connectivity index (χ2n) is 6.29. The molecule has 9 heteroatoms. The fraction of sp³-hybridized carbons (Fsp3) is 0.278. The molecule has 0 amide bonds. The molecule has 4 rings (SSSR count). The van der Waals surface area contributed by atoms with E-state index in [-0.39, 0.29) is 11.8 Å². The van der Waals surface area contributed by atoms with Gasteiger partial charge in [-0.1, -0.05) is 18.2 Å². The maximum absolute atomic E-state index is 10.1. The normalized spacial score (nSPS) is 12.5. The first-order valence-electron chi connectivity index (χ1n) is 8.72. The Balaban J connectivity index is 1.58. The summed E-state index contributed by atoms with van der Waals surface area (Å²) in [6.07, 6.45) is 6.43. The first-order chi connectivity index (χ1) is 13.2. The number of benzene rings is 1. The zero-order valence-electron chi connectivity index (χ0n) is 14.9. The van der Waals surface area contributed by atoms with Crippen LogP contribution in [0.25, 0.3) is 10.9 Å². The topological polar surface area (TPSA) is 107 Å². The lowest BCUT2D eigenvalue weighted by atomic mass is 10.1. The Morgan fingerprint density at radius 3 is 2.93 bits per heavy atom.